The fourth-order valence-corrected chi connectivity index (χ4v) is 2.80. The summed E-state index contributed by atoms with van der Waals surface area (Å²) < 4.78 is 1.88. The smallest absolute Gasteiger partial charge is 0.216 e. The first-order valence-corrected chi connectivity index (χ1v) is 7.98. The molecule has 2 aromatic heterocycles. The lowest BCUT2D eigenvalue weighted by molar-refractivity contribution is 0.475. The van der Waals surface area contributed by atoms with Gasteiger partial charge in [0, 0.05) is 23.5 Å². The minimum Gasteiger partial charge on any atom is -0.507 e. The van der Waals surface area contributed by atoms with Crippen LogP contribution in [-0.2, 0) is 0 Å². The number of H-pyrrole nitrogens is 1. The number of aromatic amines is 1. The number of nitrogens with one attached hydrogen (secondary N) is 1. The Hall–Kier alpha value is -3.32. The number of fused-ring (bicyclic) bond motifs is 1. The minimum atomic E-state index is 0.155. The van der Waals surface area contributed by atoms with Gasteiger partial charge in [-0.3, -0.25) is 4.98 Å². The first kappa shape index (κ1) is 15.2. The van der Waals surface area contributed by atoms with Gasteiger partial charge in [-0.1, -0.05) is 30.3 Å². The van der Waals surface area contributed by atoms with E-state index in [0.29, 0.717) is 16.2 Å². The van der Waals surface area contributed by atoms with Crippen LogP contribution in [0.2, 0.25) is 0 Å². The Labute approximate surface area is 148 Å². The number of nitrogens with zero attached hydrogens (tertiary/aromatic N) is 4. The van der Waals surface area contributed by atoms with Gasteiger partial charge in [0.1, 0.15) is 5.75 Å². The topological polar surface area (TPSA) is 79.1 Å². The fraction of sp³-hybridized carbons (Fsp3) is 0. The van der Waals surface area contributed by atoms with E-state index < -0.39 is 0 Å². The second-order valence-electron chi connectivity index (χ2n) is 5.36. The van der Waals surface area contributed by atoms with E-state index in [0.717, 1.165) is 16.3 Å². The first-order chi connectivity index (χ1) is 12.2. The van der Waals surface area contributed by atoms with Crippen molar-refractivity contribution in [2.24, 2.45) is 5.10 Å². The molecule has 2 aromatic carbocycles. The van der Waals surface area contributed by atoms with Crippen molar-refractivity contribution in [2.75, 3.05) is 0 Å². The summed E-state index contributed by atoms with van der Waals surface area (Å²) in [6, 6.07) is 15.0. The first-order valence-electron chi connectivity index (χ1n) is 7.57. The molecule has 0 spiro atoms. The number of aromatic nitrogens is 4. The highest BCUT2D eigenvalue weighted by Crippen LogP contribution is 2.25. The maximum atomic E-state index is 10.2. The summed E-state index contributed by atoms with van der Waals surface area (Å²) in [5, 5.41) is 23.6. The highest BCUT2D eigenvalue weighted by molar-refractivity contribution is 7.71. The molecule has 0 fully saturated rings. The van der Waals surface area contributed by atoms with Crippen LogP contribution in [0, 0.1) is 4.77 Å². The number of rotatable bonds is 3. The molecule has 2 N–H and O–H groups in total. The third-order valence-corrected chi connectivity index (χ3v) is 4.10. The van der Waals surface area contributed by atoms with Crippen molar-refractivity contribution >= 4 is 29.2 Å². The summed E-state index contributed by atoms with van der Waals surface area (Å²) in [6.45, 7) is 0. The summed E-state index contributed by atoms with van der Waals surface area (Å²) in [6.07, 6.45) is 4.95. The Kier molecular flexibility index (Phi) is 3.83. The molecule has 4 rings (SSSR count). The van der Waals surface area contributed by atoms with Gasteiger partial charge in [0.05, 0.1) is 6.21 Å². The van der Waals surface area contributed by atoms with E-state index in [1.165, 1.54) is 4.68 Å². The number of benzene rings is 2. The quantitative estimate of drug-likeness (QED) is 0.437. The van der Waals surface area contributed by atoms with E-state index in [1.807, 2.05) is 42.5 Å². The predicted octanol–water partition coefficient (Wildman–Crippen LogP) is 3.74. The summed E-state index contributed by atoms with van der Waals surface area (Å²) in [4.78, 5) is 4.00. The molecule has 0 unspecified atom stereocenters. The summed E-state index contributed by atoms with van der Waals surface area (Å²) >= 11 is 5.27. The van der Waals surface area contributed by atoms with Gasteiger partial charge in [-0.05, 0) is 41.2 Å². The van der Waals surface area contributed by atoms with Crippen LogP contribution in [0.25, 0.3) is 22.2 Å². The van der Waals surface area contributed by atoms with Crippen LogP contribution in [0.5, 0.6) is 5.75 Å². The summed E-state index contributed by atoms with van der Waals surface area (Å²) in [5.74, 6) is 0.728. The second kappa shape index (κ2) is 6.29. The molecule has 122 valence electrons. The van der Waals surface area contributed by atoms with Crippen molar-refractivity contribution in [3.8, 4) is 17.1 Å². The molecular weight excluding hydrogens is 334 g/mol. The number of pyridine rings is 1. The second-order valence-corrected chi connectivity index (χ2v) is 5.75. The van der Waals surface area contributed by atoms with Crippen LogP contribution in [0.15, 0.2) is 66.0 Å². The zero-order valence-corrected chi connectivity index (χ0v) is 13.8. The van der Waals surface area contributed by atoms with Crippen molar-refractivity contribution in [1.82, 2.24) is 19.9 Å². The number of phenols is 1. The fourth-order valence-electron chi connectivity index (χ4n) is 2.62. The Bertz CT molecular complexity index is 1130. The molecule has 0 bridgehead atoms. The maximum absolute atomic E-state index is 10.2. The Morgan fingerprint density at radius 3 is 2.72 bits per heavy atom. The van der Waals surface area contributed by atoms with Crippen molar-refractivity contribution in [3.63, 3.8) is 0 Å². The largest absolute Gasteiger partial charge is 0.507 e. The van der Waals surface area contributed by atoms with Gasteiger partial charge in [0.25, 0.3) is 0 Å². The minimum absolute atomic E-state index is 0.155. The Morgan fingerprint density at radius 2 is 1.88 bits per heavy atom. The lowest BCUT2D eigenvalue weighted by atomic mass is 10.0. The van der Waals surface area contributed by atoms with Crippen LogP contribution >= 0.6 is 12.2 Å². The third kappa shape index (κ3) is 2.81. The van der Waals surface area contributed by atoms with E-state index in [4.69, 9.17) is 12.2 Å². The van der Waals surface area contributed by atoms with Gasteiger partial charge >= 0.3 is 0 Å². The number of hydrogen-bond acceptors (Lipinski definition) is 5. The van der Waals surface area contributed by atoms with Gasteiger partial charge in [-0.15, -0.1) is 0 Å². The highest BCUT2D eigenvalue weighted by Gasteiger charge is 2.09. The molecule has 0 saturated carbocycles. The average Bonchev–Trinajstić information content (AvgIpc) is 3.02. The van der Waals surface area contributed by atoms with Gasteiger partial charge in [-0.25, -0.2) is 5.10 Å². The SMILES string of the molecule is Oc1ccc2ccccc2c1/C=N/n1c(-c2ccncc2)n[nH]c1=S. The van der Waals surface area contributed by atoms with E-state index >= 15 is 0 Å². The molecule has 6 nitrogen and oxygen atoms in total. The van der Waals surface area contributed by atoms with Crippen LogP contribution in [0.3, 0.4) is 0 Å². The summed E-state index contributed by atoms with van der Waals surface area (Å²) in [7, 11) is 0. The zero-order chi connectivity index (χ0) is 17.2. The lowest BCUT2D eigenvalue weighted by Crippen LogP contribution is -1.96. The molecular formula is C18H13N5OS. The molecule has 0 amide bonds. The van der Waals surface area contributed by atoms with Gasteiger partial charge < -0.3 is 5.11 Å². The van der Waals surface area contributed by atoms with Crippen molar-refractivity contribution in [2.45, 2.75) is 0 Å². The normalized spacial score (nSPS) is 11.4. The van der Waals surface area contributed by atoms with E-state index in [2.05, 4.69) is 20.3 Å². The van der Waals surface area contributed by atoms with Crippen LogP contribution < -0.4 is 0 Å². The predicted molar refractivity (Wildman–Crippen MR) is 99.2 cm³/mol. The van der Waals surface area contributed by atoms with Crippen molar-refractivity contribution < 1.29 is 5.11 Å². The molecule has 0 aliphatic carbocycles. The Balaban J connectivity index is 1.84. The molecule has 4 aromatic rings. The van der Waals surface area contributed by atoms with E-state index in [-0.39, 0.29) is 5.75 Å². The van der Waals surface area contributed by atoms with Crippen molar-refractivity contribution in [3.05, 3.63) is 71.3 Å². The van der Waals surface area contributed by atoms with Gasteiger partial charge in [0.2, 0.25) is 4.77 Å². The number of hydrogen-bond donors (Lipinski definition) is 2. The molecule has 0 aliphatic heterocycles. The molecule has 7 heteroatoms. The zero-order valence-electron chi connectivity index (χ0n) is 13.0. The van der Waals surface area contributed by atoms with E-state index in [1.54, 1.807) is 24.7 Å². The van der Waals surface area contributed by atoms with Crippen LogP contribution in [0.1, 0.15) is 5.56 Å². The van der Waals surface area contributed by atoms with Crippen molar-refractivity contribution in [1.29, 1.82) is 0 Å². The molecule has 0 radical (unpaired) electrons. The molecule has 2 heterocycles. The van der Waals surface area contributed by atoms with Crippen LogP contribution in [0.4, 0.5) is 0 Å². The van der Waals surface area contributed by atoms with Crippen LogP contribution in [-0.4, -0.2) is 31.2 Å². The molecule has 0 saturated heterocycles. The maximum Gasteiger partial charge on any atom is 0.216 e. The number of aromatic hydroxyl groups is 1. The standard InChI is InChI=1S/C18H13N5OS/c24-16-6-5-12-3-1-2-4-14(12)15(16)11-20-23-17(21-22-18(23)25)13-7-9-19-10-8-13/h1-11,24H,(H,22,25)/b20-11+. The van der Waals surface area contributed by atoms with Gasteiger partial charge in [0.15, 0.2) is 5.82 Å². The Morgan fingerprint density at radius 1 is 1.08 bits per heavy atom. The monoisotopic (exact) mass is 347 g/mol. The van der Waals surface area contributed by atoms with E-state index in [9.17, 15) is 5.11 Å². The summed E-state index contributed by atoms with van der Waals surface area (Å²) in [5.41, 5.74) is 1.46. The average molecular weight is 347 g/mol. The molecule has 0 atom stereocenters. The number of phenolic OH excluding ortho intramolecular Hbond substituents is 1. The molecule has 0 aliphatic rings. The molecule has 25 heavy (non-hydrogen) atoms. The highest BCUT2D eigenvalue weighted by atomic mass is 32.1. The lowest BCUT2D eigenvalue weighted by Gasteiger charge is -2.05. The third-order valence-electron chi connectivity index (χ3n) is 3.84. The van der Waals surface area contributed by atoms with Gasteiger partial charge in [-0.2, -0.15) is 14.9 Å².